The van der Waals surface area contributed by atoms with E-state index in [1.165, 1.54) is 18.0 Å². The Hall–Kier alpha value is -3.27. The molecule has 1 unspecified atom stereocenters. The molecule has 4 atom stereocenters. The summed E-state index contributed by atoms with van der Waals surface area (Å²) in [4.78, 5) is 36.7. The van der Waals surface area contributed by atoms with E-state index in [9.17, 15) is 19.8 Å². The van der Waals surface area contributed by atoms with Crippen LogP contribution in [-0.2, 0) is 19.1 Å². The van der Waals surface area contributed by atoms with Gasteiger partial charge in [-0.3, -0.25) is 14.2 Å². The van der Waals surface area contributed by atoms with Crippen LogP contribution in [0.1, 0.15) is 51.1 Å². The lowest BCUT2D eigenvalue weighted by molar-refractivity contribution is -0.146. The summed E-state index contributed by atoms with van der Waals surface area (Å²) in [6, 6.07) is 0. The number of carbonyl (C=O) groups is 2. The van der Waals surface area contributed by atoms with Crippen LogP contribution >= 0.6 is 0 Å². The fourth-order valence-corrected chi connectivity index (χ4v) is 4.60. The molecule has 3 heterocycles. The van der Waals surface area contributed by atoms with E-state index in [1.807, 2.05) is 0 Å². The molecule has 1 amide bonds. The van der Waals surface area contributed by atoms with E-state index in [0.29, 0.717) is 24.4 Å². The first kappa shape index (κ1) is 24.8. The summed E-state index contributed by atoms with van der Waals surface area (Å²) < 4.78 is 11.9. The Kier molecular flexibility index (Phi) is 7.49. The fourth-order valence-electron chi connectivity index (χ4n) is 4.60. The third-order valence-electron chi connectivity index (χ3n) is 6.54. The summed E-state index contributed by atoms with van der Waals surface area (Å²) in [5.74, 6) is 6.02. The molecule has 4 rings (SSSR count). The van der Waals surface area contributed by atoms with Gasteiger partial charge in [0.1, 0.15) is 17.7 Å². The summed E-state index contributed by atoms with van der Waals surface area (Å²) in [5, 5.41) is 23.4. The molecule has 2 aromatic heterocycles. The number of methoxy groups -OCH3 is 1. The number of aromatic nitrogens is 4. The maximum Gasteiger partial charge on any atom is 0.308 e. The van der Waals surface area contributed by atoms with Crippen LogP contribution in [0.2, 0.25) is 0 Å². The van der Waals surface area contributed by atoms with Crippen LogP contribution in [0.15, 0.2) is 6.33 Å². The van der Waals surface area contributed by atoms with E-state index in [-0.39, 0.29) is 29.2 Å². The highest BCUT2D eigenvalue weighted by Gasteiger charge is 2.47. The number of hydrogen-bond donors (Lipinski definition) is 4. The lowest BCUT2D eigenvalue weighted by atomic mass is 9.81. The minimum atomic E-state index is -1.42. The van der Waals surface area contributed by atoms with E-state index in [2.05, 4.69) is 32.1 Å². The van der Waals surface area contributed by atoms with Crippen molar-refractivity contribution in [1.29, 1.82) is 0 Å². The van der Waals surface area contributed by atoms with E-state index >= 15 is 0 Å². The SMILES string of the molecule is CCNC(=O)C1O[C@H](n2cnc3c(N)nc(C#CCC4CCC(C(=O)OC)CC4)nc32)[C@H](O)[C@@H]1O. The lowest BCUT2D eigenvalue weighted by Crippen LogP contribution is -2.42. The van der Waals surface area contributed by atoms with Gasteiger partial charge in [0.15, 0.2) is 23.8 Å². The first-order chi connectivity index (χ1) is 16.8. The van der Waals surface area contributed by atoms with Gasteiger partial charge < -0.3 is 30.7 Å². The van der Waals surface area contributed by atoms with E-state index in [1.54, 1.807) is 6.92 Å². The fraction of sp³-hybridized carbons (Fsp3) is 0.609. The van der Waals surface area contributed by atoms with Gasteiger partial charge in [-0.25, -0.2) is 15.0 Å². The van der Waals surface area contributed by atoms with Gasteiger partial charge in [0.2, 0.25) is 5.82 Å². The number of likely N-dealkylation sites (N-methyl/N-ethyl adjacent to an activating group) is 1. The summed E-state index contributed by atoms with van der Waals surface area (Å²) in [7, 11) is 1.41. The Labute approximate surface area is 202 Å². The van der Waals surface area contributed by atoms with E-state index in [4.69, 9.17) is 15.2 Å². The molecule has 0 radical (unpaired) electrons. The number of nitrogens with one attached hydrogen (secondary N) is 1. The molecule has 0 bridgehead atoms. The number of nitrogen functional groups attached to an aromatic ring is 1. The van der Waals surface area contributed by atoms with Crippen LogP contribution in [0.3, 0.4) is 0 Å². The van der Waals surface area contributed by atoms with Crippen molar-refractivity contribution in [1.82, 2.24) is 24.8 Å². The first-order valence-corrected chi connectivity index (χ1v) is 11.7. The van der Waals surface area contributed by atoms with Crippen LogP contribution in [0.5, 0.6) is 0 Å². The Morgan fingerprint density at radius 2 is 2.00 bits per heavy atom. The molecule has 2 aromatic rings. The van der Waals surface area contributed by atoms with Gasteiger partial charge >= 0.3 is 5.97 Å². The molecular weight excluding hydrogens is 456 g/mol. The van der Waals surface area contributed by atoms with E-state index < -0.39 is 30.4 Å². The third-order valence-corrected chi connectivity index (χ3v) is 6.54. The minimum Gasteiger partial charge on any atom is -0.469 e. The summed E-state index contributed by atoms with van der Waals surface area (Å²) in [6.07, 6.45) is 0.253. The molecule has 5 N–H and O–H groups in total. The normalized spacial score (nSPS) is 28.3. The number of fused-ring (bicyclic) bond motifs is 1. The molecule has 1 saturated heterocycles. The van der Waals surface area contributed by atoms with Crippen LogP contribution in [0.4, 0.5) is 5.82 Å². The predicted molar refractivity (Wildman–Crippen MR) is 123 cm³/mol. The van der Waals surface area contributed by atoms with Crippen molar-refractivity contribution in [2.75, 3.05) is 19.4 Å². The van der Waals surface area contributed by atoms with Crippen molar-refractivity contribution in [2.24, 2.45) is 11.8 Å². The zero-order valence-electron chi connectivity index (χ0n) is 19.7. The lowest BCUT2D eigenvalue weighted by Gasteiger charge is -2.25. The first-order valence-electron chi connectivity index (χ1n) is 11.7. The summed E-state index contributed by atoms with van der Waals surface area (Å²) in [6.45, 7) is 2.10. The number of amides is 1. The number of rotatable bonds is 5. The Morgan fingerprint density at radius 3 is 2.69 bits per heavy atom. The van der Waals surface area contributed by atoms with Gasteiger partial charge in [-0.2, -0.15) is 0 Å². The number of esters is 1. The molecule has 0 spiro atoms. The van der Waals surface area contributed by atoms with Crippen molar-refractivity contribution in [3.8, 4) is 11.8 Å². The highest BCUT2D eigenvalue weighted by Crippen LogP contribution is 2.33. The van der Waals surface area contributed by atoms with Crippen LogP contribution < -0.4 is 11.1 Å². The second-order valence-corrected chi connectivity index (χ2v) is 8.83. The molecule has 1 aliphatic carbocycles. The van der Waals surface area contributed by atoms with Crippen molar-refractivity contribution in [3.05, 3.63) is 12.2 Å². The molecule has 2 fully saturated rings. The van der Waals surface area contributed by atoms with Crippen LogP contribution in [0.25, 0.3) is 11.2 Å². The molecule has 2 aliphatic rings. The highest BCUT2D eigenvalue weighted by molar-refractivity contribution is 5.83. The largest absolute Gasteiger partial charge is 0.469 e. The van der Waals surface area contributed by atoms with E-state index in [0.717, 1.165) is 25.7 Å². The number of hydrogen-bond acceptors (Lipinski definition) is 10. The van der Waals surface area contributed by atoms with Crippen molar-refractivity contribution >= 4 is 28.9 Å². The number of nitrogens with two attached hydrogens (primary N) is 1. The third kappa shape index (κ3) is 5.07. The molecule has 12 nitrogen and oxygen atoms in total. The number of anilines is 1. The number of aliphatic hydroxyl groups excluding tert-OH is 2. The Balaban J connectivity index is 1.49. The minimum absolute atomic E-state index is 0.0330. The number of carbonyl (C=O) groups excluding carboxylic acids is 2. The topological polar surface area (TPSA) is 175 Å². The smallest absolute Gasteiger partial charge is 0.308 e. The number of imidazole rings is 1. The van der Waals surface area contributed by atoms with Gasteiger partial charge in [-0.1, -0.05) is 5.92 Å². The van der Waals surface area contributed by atoms with Gasteiger partial charge in [-0.05, 0) is 44.4 Å². The Morgan fingerprint density at radius 1 is 1.26 bits per heavy atom. The van der Waals surface area contributed by atoms with Crippen LogP contribution in [0, 0.1) is 23.7 Å². The maximum atomic E-state index is 12.2. The Bertz CT molecular complexity index is 1150. The van der Waals surface area contributed by atoms with Crippen molar-refractivity contribution in [3.63, 3.8) is 0 Å². The molecule has 0 aromatic carbocycles. The summed E-state index contributed by atoms with van der Waals surface area (Å²) >= 11 is 0. The standard InChI is InChI=1S/C23H30N6O6/c1-3-25-21(32)18-16(30)17(31)22(35-18)29-11-26-15-19(24)27-14(28-20(15)29)6-4-5-12-7-9-13(10-8-12)23(33)34-2/h11-13,16-18,22,30-31H,3,5,7-10H2,1-2H3,(H,25,32)(H2,24,27,28)/t12?,13?,16-,17+,18?,22-/m0/s1. The molecule has 1 saturated carbocycles. The zero-order valence-corrected chi connectivity index (χ0v) is 19.7. The number of aliphatic hydroxyl groups is 2. The van der Waals surface area contributed by atoms with Crippen molar-refractivity contribution in [2.45, 2.75) is 63.6 Å². The van der Waals surface area contributed by atoms with Crippen molar-refractivity contribution < 1.29 is 29.3 Å². The molecule has 12 heteroatoms. The second-order valence-electron chi connectivity index (χ2n) is 8.83. The zero-order chi connectivity index (χ0) is 25.1. The number of ether oxygens (including phenoxy) is 2. The van der Waals surface area contributed by atoms with Gasteiger partial charge in [0, 0.05) is 13.0 Å². The molecule has 1 aliphatic heterocycles. The molecule has 35 heavy (non-hydrogen) atoms. The van der Waals surface area contributed by atoms with Gasteiger partial charge in [0.25, 0.3) is 5.91 Å². The number of nitrogens with zero attached hydrogens (tertiary/aromatic N) is 4. The average molecular weight is 487 g/mol. The monoisotopic (exact) mass is 486 g/mol. The van der Waals surface area contributed by atoms with Crippen LogP contribution in [-0.4, -0.2) is 73.6 Å². The summed E-state index contributed by atoms with van der Waals surface area (Å²) in [5.41, 5.74) is 6.63. The maximum absolute atomic E-state index is 12.2. The quantitative estimate of drug-likeness (QED) is 0.329. The molecule has 188 valence electrons. The average Bonchev–Trinajstić information content (AvgIpc) is 3.40. The highest BCUT2D eigenvalue weighted by atomic mass is 16.6. The van der Waals surface area contributed by atoms with Gasteiger partial charge in [0.05, 0.1) is 19.4 Å². The second kappa shape index (κ2) is 10.6. The predicted octanol–water partition coefficient (Wildman–Crippen LogP) is -0.115. The van der Waals surface area contributed by atoms with Gasteiger partial charge in [-0.15, -0.1) is 0 Å². The molecular formula is C23H30N6O6.